The number of sulfonamides is 1. The Morgan fingerprint density at radius 2 is 1.83 bits per heavy atom. The molecule has 0 aliphatic heterocycles. The van der Waals surface area contributed by atoms with Gasteiger partial charge in [-0.2, -0.15) is 13.2 Å². The number of benzene rings is 1. The van der Waals surface area contributed by atoms with Gasteiger partial charge in [-0.25, -0.2) is 22.5 Å². The zero-order valence-electron chi connectivity index (χ0n) is 20.0. The molecule has 1 aliphatic rings. The molecule has 1 atom stereocenters. The molecule has 0 spiro atoms. The molecular formula is C24H29F4N3O3S2. The van der Waals surface area contributed by atoms with E-state index in [4.69, 9.17) is 0 Å². The summed E-state index contributed by atoms with van der Waals surface area (Å²) < 4.78 is 79.4. The molecule has 1 unspecified atom stereocenters. The number of amides is 1. The van der Waals surface area contributed by atoms with E-state index in [0.717, 1.165) is 44.4 Å². The molecule has 1 amide bonds. The lowest BCUT2D eigenvalue weighted by Gasteiger charge is -2.22. The van der Waals surface area contributed by atoms with Crippen LogP contribution in [0.2, 0.25) is 0 Å². The van der Waals surface area contributed by atoms with E-state index >= 15 is 0 Å². The number of hydrogen-bond acceptors (Lipinski definition) is 5. The molecule has 1 fully saturated rings. The number of nitrogens with zero attached hydrogens (tertiary/aromatic N) is 1. The minimum atomic E-state index is -4.58. The molecule has 1 aliphatic carbocycles. The van der Waals surface area contributed by atoms with Crippen LogP contribution < -0.4 is 10.0 Å². The van der Waals surface area contributed by atoms with Crippen LogP contribution in [0, 0.1) is 5.82 Å². The second-order valence-corrected chi connectivity index (χ2v) is 12.0. The first kappa shape index (κ1) is 28.4. The van der Waals surface area contributed by atoms with Crippen molar-refractivity contribution in [3.63, 3.8) is 0 Å². The Bertz CT molecular complexity index is 1180. The minimum Gasteiger partial charge on any atom is -0.351 e. The summed E-state index contributed by atoms with van der Waals surface area (Å²) in [5.41, 5.74) is -0.148. The molecule has 0 bridgehead atoms. The van der Waals surface area contributed by atoms with Gasteiger partial charge in [0, 0.05) is 29.5 Å². The highest BCUT2D eigenvalue weighted by Gasteiger charge is 2.33. The molecule has 2 N–H and O–H groups in total. The normalized spacial score (nSPS) is 16.1. The van der Waals surface area contributed by atoms with Gasteiger partial charge in [-0.05, 0) is 37.5 Å². The van der Waals surface area contributed by atoms with E-state index in [2.05, 4.69) is 15.0 Å². The summed E-state index contributed by atoms with van der Waals surface area (Å²) in [7, 11) is -3.59. The highest BCUT2D eigenvalue weighted by atomic mass is 32.2. The molecule has 1 aromatic carbocycles. The third kappa shape index (κ3) is 7.91. The first-order chi connectivity index (χ1) is 16.8. The topological polar surface area (TPSA) is 88.2 Å². The number of halogens is 4. The molecule has 3 rings (SSSR count). The van der Waals surface area contributed by atoms with E-state index in [1.54, 1.807) is 6.92 Å². The van der Waals surface area contributed by atoms with Crippen LogP contribution in [0.4, 0.5) is 17.6 Å². The van der Waals surface area contributed by atoms with Gasteiger partial charge in [0.2, 0.25) is 15.9 Å². The van der Waals surface area contributed by atoms with E-state index in [0.29, 0.717) is 11.1 Å². The number of carbonyl (C=O) groups is 1. The van der Waals surface area contributed by atoms with E-state index in [1.165, 1.54) is 36.0 Å². The predicted octanol–water partition coefficient (Wildman–Crippen LogP) is 5.13. The van der Waals surface area contributed by atoms with Gasteiger partial charge in [0.1, 0.15) is 16.5 Å². The van der Waals surface area contributed by atoms with Gasteiger partial charge in [0.15, 0.2) is 0 Å². The Morgan fingerprint density at radius 3 is 2.47 bits per heavy atom. The van der Waals surface area contributed by atoms with Crippen LogP contribution in [0.25, 0.3) is 0 Å². The highest BCUT2D eigenvalue weighted by Crippen LogP contribution is 2.37. The second kappa shape index (κ2) is 11.9. The summed E-state index contributed by atoms with van der Waals surface area (Å²) in [6.45, 7) is 1.19. The van der Waals surface area contributed by atoms with Crippen LogP contribution in [0.5, 0.6) is 0 Å². The van der Waals surface area contributed by atoms with Crippen LogP contribution in [-0.2, 0) is 34.1 Å². The number of aromatic nitrogens is 1. The van der Waals surface area contributed by atoms with Crippen LogP contribution in [0.3, 0.4) is 0 Å². The molecule has 2 aromatic rings. The maximum Gasteiger partial charge on any atom is 0.433 e. The van der Waals surface area contributed by atoms with Crippen molar-refractivity contribution in [1.82, 2.24) is 15.0 Å². The van der Waals surface area contributed by atoms with Gasteiger partial charge in [-0.3, -0.25) is 4.79 Å². The molecule has 36 heavy (non-hydrogen) atoms. The summed E-state index contributed by atoms with van der Waals surface area (Å²) in [6, 6.07) is 6.37. The fraction of sp³-hybridized carbons (Fsp3) is 0.500. The van der Waals surface area contributed by atoms with Crippen LogP contribution >= 0.6 is 11.8 Å². The number of nitrogens with one attached hydrogen (secondary N) is 2. The summed E-state index contributed by atoms with van der Waals surface area (Å²) in [5.74, 6) is -1.97. The van der Waals surface area contributed by atoms with Gasteiger partial charge in [-0.15, -0.1) is 11.8 Å². The third-order valence-corrected chi connectivity index (χ3v) is 8.09. The van der Waals surface area contributed by atoms with Gasteiger partial charge < -0.3 is 5.32 Å². The minimum absolute atomic E-state index is 0.0460. The van der Waals surface area contributed by atoms with Gasteiger partial charge in [0.25, 0.3) is 0 Å². The Morgan fingerprint density at radius 1 is 1.14 bits per heavy atom. The smallest absolute Gasteiger partial charge is 0.351 e. The lowest BCUT2D eigenvalue weighted by Crippen LogP contribution is -2.30. The number of carbonyl (C=O) groups excluding carboxylic acids is 1. The van der Waals surface area contributed by atoms with Crippen molar-refractivity contribution in [2.45, 2.75) is 74.5 Å². The van der Waals surface area contributed by atoms with Gasteiger partial charge >= 0.3 is 6.18 Å². The van der Waals surface area contributed by atoms with Crippen molar-refractivity contribution < 1.29 is 30.8 Å². The lowest BCUT2D eigenvalue weighted by molar-refractivity contribution is -0.141. The molecule has 1 aromatic heterocycles. The zero-order valence-corrected chi connectivity index (χ0v) is 21.6. The predicted molar refractivity (Wildman–Crippen MR) is 130 cm³/mol. The number of alkyl halides is 3. The molecule has 6 nitrogen and oxygen atoms in total. The Hall–Kier alpha value is -2.18. The maximum absolute atomic E-state index is 14.4. The number of hydrogen-bond donors (Lipinski definition) is 2. The van der Waals surface area contributed by atoms with Crippen molar-refractivity contribution in [2.24, 2.45) is 0 Å². The third-order valence-electron chi connectivity index (χ3n) is 6.04. The van der Waals surface area contributed by atoms with Crippen molar-refractivity contribution in [2.75, 3.05) is 6.26 Å². The van der Waals surface area contributed by atoms with Crippen molar-refractivity contribution in [1.29, 1.82) is 0 Å². The molecule has 0 radical (unpaired) electrons. The number of pyridine rings is 1. The summed E-state index contributed by atoms with van der Waals surface area (Å²) in [6.07, 6.45) is 1.31. The van der Waals surface area contributed by atoms with E-state index in [9.17, 15) is 30.8 Å². The number of thioether (sulfide) groups is 1. The summed E-state index contributed by atoms with van der Waals surface area (Å²) >= 11 is 1.31. The first-order valence-electron chi connectivity index (χ1n) is 11.6. The Kier molecular flexibility index (Phi) is 9.39. The largest absolute Gasteiger partial charge is 0.433 e. The fourth-order valence-corrected chi connectivity index (χ4v) is 5.79. The zero-order chi connectivity index (χ0) is 26.5. The molecule has 1 heterocycles. The first-order valence-corrected chi connectivity index (χ1v) is 14.4. The Labute approximate surface area is 212 Å². The van der Waals surface area contributed by atoms with Gasteiger partial charge in [0.05, 0.1) is 12.2 Å². The van der Waals surface area contributed by atoms with Crippen LogP contribution in [0.1, 0.15) is 67.3 Å². The maximum atomic E-state index is 14.4. The van der Waals surface area contributed by atoms with Crippen molar-refractivity contribution in [3.05, 3.63) is 58.5 Å². The fourth-order valence-electron chi connectivity index (χ4n) is 4.05. The molecular weight excluding hydrogens is 518 g/mol. The molecule has 198 valence electrons. The average Bonchev–Trinajstić information content (AvgIpc) is 2.81. The van der Waals surface area contributed by atoms with E-state index in [-0.39, 0.29) is 28.9 Å². The van der Waals surface area contributed by atoms with Crippen LogP contribution in [0.15, 0.2) is 35.4 Å². The quantitative estimate of drug-likeness (QED) is 0.425. The standard InChI is InChI=1S/C24H29F4N3O3S2/c1-15(18-9-6-10-20(25)19(18)14-30-36(2,33)34)22(32)29-13-16-11-12-21(24(26,27)28)31-23(16)35-17-7-4-3-5-8-17/h6,9-12,15,17,30H,3-5,7-8,13-14H2,1-2H3,(H,29,32). The lowest BCUT2D eigenvalue weighted by atomic mass is 9.94. The molecule has 12 heteroatoms. The van der Waals surface area contributed by atoms with Crippen LogP contribution in [-0.4, -0.2) is 30.8 Å². The highest BCUT2D eigenvalue weighted by molar-refractivity contribution is 7.99. The SMILES string of the molecule is CC(C(=O)NCc1ccc(C(F)(F)F)nc1SC1CCCCC1)c1cccc(F)c1CNS(C)(=O)=O. The monoisotopic (exact) mass is 547 g/mol. The molecule has 1 saturated carbocycles. The number of rotatable bonds is 9. The second-order valence-electron chi connectivity index (χ2n) is 8.88. The summed E-state index contributed by atoms with van der Waals surface area (Å²) in [5, 5.41) is 3.13. The van der Waals surface area contributed by atoms with E-state index < -0.39 is 39.5 Å². The summed E-state index contributed by atoms with van der Waals surface area (Å²) in [4.78, 5) is 16.8. The Balaban J connectivity index is 1.77. The van der Waals surface area contributed by atoms with Crippen molar-refractivity contribution in [3.8, 4) is 0 Å². The molecule has 0 saturated heterocycles. The van der Waals surface area contributed by atoms with Crippen molar-refractivity contribution >= 4 is 27.7 Å². The average molecular weight is 548 g/mol. The van der Waals surface area contributed by atoms with E-state index in [1.807, 2.05) is 0 Å². The van der Waals surface area contributed by atoms with Gasteiger partial charge in [-0.1, -0.05) is 37.5 Å².